The molecule has 2 aromatic carbocycles. The molecule has 4 nitrogen and oxygen atoms in total. The Morgan fingerprint density at radius 1 is 1.15 bits per heavy atom. The number of aliphatic carboxylic acids is 1. The second-order valence-electron chi connectivity index (χ2n) is 6.24. The van der Waals surface area contributed by atoms with Crippen LogP contribution in [0.4, 0.5) is 0 Å². The van der Waals surface area contributed by atoms with Crippen molar-refractivity contribution in [1.82, 2.24) is 0 Å². The van der Waals surface area contributed by atoms with E-state index >= 15 is 0 Å². The van der Waals surface area contributed by atoms with E-state index in [0.717, 1.165) is 16.9 Å². The van der Waals surface area contributed by atoms with Crippen molar-refractivity contribution in [3.63, 3.8) is 0 Å². The zero-order valence-electron chi connectivity index (χ0n) is 15.5. The van der Waals surface area contributed by atoms with E-state index in [1.165, 1.54) is 0 Å². The van der Waals surface area contributed by atoms with Crippen LogP contribution >= 0.6 is 0 Å². The standard InChI is InChI=1S/C22H26O4/c1-4-22(21(23)24,17(2)10-11-18-8-6-5-7-9-18)26-16-19-12-14-20(25-3)15-13-19/h5-15,17H,4,16H2,1-3H3,(H,23,24)/b11-10+/t17-,22+/m1/s1. The van der Waals surface area contributed by atoms with Crippen LogP contribution in [0.5, 0.6) is 5.75 Å². The van der Waals surface area contributed by atoms with Crippen LogP contribution in [0, 0.1) is 5.92 Å². The van der Waals surface area contributed by atoms with Crippen molar-refractivity contribution >= 4 is 12.0 Å². The average molecular weight is 354 g/mol. The highest BCUT2D eigenvalue weighted by atomic mass is 16.5. The van der Waals surface area contributed by atoms with Gasteiger partial charge in [-0.3, -0.25) is 0 Å². The molecule has 0 aromatic heterocycles. The molecule has 0 aliphatic rings. The molecule has 0 heterocycles. The van der Waals surface area contributed by atoms with Gasteiger partial charge in [0.05, 0.1) is 13.7 Å². The van der Waals surface area contributed by atoms with Gasteiger partial charge in [0, 0.05) is 5.92 Å². The Hall–Kier alpha value is -2.59. The number of ether oxygens (including phenoxy) is 2. The number of hydrogen-bond donors (Lipinski definition) is 1. The second-order valence-corrected chi connectivity index (χ2v) is 6.24. The minimum atomic E-state index is -1.27. The van der Waals surface area contributed by atoms with Crippen LogP contribution in [0.2, 0.25) is 0 Å². The molecule has 2 rings (SSSR count). The van der Waals surface area contributed by atoms with Crippen LogP contribution < -0.4 is 4.74 Å². The predicted molar refractivity (Wildman–Crippen MR) is 103 cm³/mol. The first kappa shape index (κ1) is 19.7. The van der Waals surface area contributed by atoms with Crippen molar-refractivity contribution in [3.8, 4) is 5.75 Å². The molecular formula is C22H26O4. The summed E-state index contributed by atoms with van der Waals surface area (Å²) in [5.41, 5.74) is 0.666. The van der Waals surface area contributed by atoms with Gasteiger partial charge in [0.15, 0.2) is 5.60 Å². The van der Waals surface area contributed by atoms with Crippen LogP contribution in [0.25, 0.3) is 6.08 Å². The highest BCUT2D eigenvalue weighted by molar-refractivity contribution is 5.78. The van der Waals surface area contributed by atoms with E-state index in [9.17, 15) is 9.90 Å². The molecule has 0 unspecified atom stereocenters. The quantitative estimate of drug-likeness (QED) is 0.703. The van der Waals surface area contributed by atoms with Crippen molar-refractivity contribution in [2.24, 2.45) is 5.92 Å². The molecule has 1 N–H and O–H groups in total. The molecule has 26 heavy (non-hydrogen) atoms. The maximum Gasteiger partial charge on any atom is 0.336 e. The fourth-order valence-corrected chi connectivity index (χ4v) is 2.87. The van der Waals surface area contributed by atoms with E-state index in [0.29, 0.717) is 6.42 Å². The van der Waals surface area contributed by atoms with Crippen LogP contribution in [0.1, 0.15) is 31.4 Å². The van der Waals surface area contributed by atoms with E-state index in [-0.39, 0.29) is 12.5 Å². The summed E-state index contributed by atoms with van der Waals surface area (Å²) in [7, 11) is 1.61. The van der Waals surface area contributed by atoms with E-state index in [4.69, 9.17) is 9.47 Å². The maximum absolute atomic E-state index is 12.0. The van der Waals surface area contributed by atoms with Gasteiger partial charge in [-0.25, -0.2) is 4.79 Å². The lowest BCUT2D eigenvalue weighted by atomic mass is 9.85. The lowest BCUT2D eigenvalue weighted by Gasteiger charge is -2.33. The fourth-order valence-electron chi connectivity index (χ4n) is 2.87. The Morgan fingerprint density at radius 3 is 2.35 bits per heavy atom. The third-order valence-electron chi connectivity index (χ3n) is 4.66. The second kappa shape index (κ2) is 9.20. The van der Waals surface area contributed by atoms with Crippen molar-refractivity contribution < 1.29 is 19.4 Å². The molecule has 0 radical (unpaired) electrons. The molecule has 0 amide bonds. The van der Waals surface area contributed by atoms with Gasteiger partial charge in [0.1, 0.15) is 5.75 Å². The minimum Gasteiger partial charge on any atom is -0.497 e. The van der Waals surface area contributed by atoms with Gasteiger partial charge in [-0.05, 0) is 29.7 Å². The molecule has 0 saturated heterocycles. The van der Waals surface area contributed by atoms with Crippen molar-refractivity contribution in [1.29, 1.82) is 0 Å². The monoisotopic (exact) mass is 354 g/mol. The largest absolute Gasteiger partial charge is 0.497 e. The van der Waals surface area contributed by atoms with E-state index in [1.807, 2.05) is 80.6 Å². The Bertz CT molecular complexity index is 722. The average Bonchev–Trinajstić information content (AvgIpc) is 2.68. The smallest absolute Gasteiger partial charge is 0.336 e. The summed E-state index contributed by atoms with van der Waals surface area (Å²) in [4.78, 5) is 12.0. The molecular weight excluding hydrogens is 328 g/mol. The summed E-state index contributed by atoms with van der Waals surface area (Å²) < 4.78 is 11.1. The lowest BCUT2D eigenvalue weighted by Crippen LogP contribution is -2.46. The zero-order valence-corrected chi connectivity index (χ0v) is 15.5. The van der Waals surface area contributed by atoms with E-state index in [2.05, 4.69) is 0 Å². The molecule has 0 spiro atoms. The van der Waals surface area contributed by atoms with Gasteiger partial charge in [0.2, 0.25) is 0 Å². The summed E-state index contributed by atoms with van der Waals surface area (Å²) in [6, 6.07) is 17.3. The first-order valence-corrected chi connectivity index (χ1v) is 8.75. The summed E-state index contributed by atoms with van der Waals surface area (Å²) in [5, 5.41) is 9.87. The number of methoxy groups -OCH3 is 1. The highest BCUT2D eigenvalue weighted by Gasteiger charge is 2.42. The van der Waals surface area contributed by atoms with Gasteiger partial charge >= 0.3 is 5.97 Å². The first-order chi connectivity index (χ1) is 12.5. The zero-order chi connectivity index (χ0) is 19.0. The van der Waals surface area contributed by atoms with Crippen LogP contribution in [0.15, 0.2) is 60.7 Å². The molecule has 0 bridgehead atoms. The van der Waals surface area contributed by atoms with E-state index in [1.54, 1.807) is 7.11 Å². The summed E-state index contributed by atoms with van der Waals surface area (Å²) in [6.07, 6.45) is 4.22. The first-order valence-electron chi connectivity index (χ1n) is 8.75. The van der Waals surface area contributed by atoms with Crippen LogP contribution in [-0.2, 0) is 16.1 Å². The molecule has 2 atom stereocenters. The number of benzene rings is 2. The van der Waals surface area contributed by atoms with Crippen LogP contribution in [-0.4, -0.2) is 23.8 Å². The number of rotatable bonds is 9. The summed E-state index contributed by atoms with van der Waals surface area (Å²) >= 11 is 0. The SMILES string of the molecule is CC[C@@](OCc1ccc(OC)cc1)(C(=O)O)[C@H](C)/C=C/c1ccccc1. The van der Waals surface area contributed by atoms with Gasteiger partial charge < -0.3 is 14.6 Å². The lowest BCUT2D eigenvalue weighted by molar-refractivity contribution is -0.174. The fraction of sp³-hybridized carbons (Fsp3) is 0.318. The number of hydrogen-bond acceptors (Lipinski definition) is 3. The Kier molecular flexibility index (Phi) is 6.98. The summed E-state index contributed by atoms with van der Waals surface area (Å²) in [6.45, 7) is 3.95. The molecule has 0 saturated carbocycles. The minimum absolute atomic E-state index is 0.230. The molecule has 0 aliphatic heterocycles. The van der Waals surface area contributed by atoms with Crippen molar-refractivity contribution in [2.45, 2.75) is 32.5 Å². The Balaban J connectivity index is 2.15. The number of carbonyl (C=O) groups is 1. The molecule has 2 aromatic rings. The molecule has 0 fully saturated rings. The third kappa shape index (κ3) is 4.73. The van der Waals surface area contributed by atoms with Gasteiger partial charge in [-0.1, -0.05) is 68.5 Å². The van der Waals surface area contributed by atoms with E-state index < -0.39 is 11.6 Å². The van der Waals surface area contributed by atoms with Gasteiger partial charge in [-0.2, -0.15) is 0 Å². The normalized spacial score (nSPS) is 14.7. The third-order valence-corrected chi connectivity index (χ3v) is 4.66. The van der Waals surface area contributed by atoms with Crippen LogP contribution in [0.3, 0.4) is 0 Å². The highest BCUT2D eigenvalue weighted by Crippen LogP contribution is 2.30. The van der Waals surface area contributed by atoms with Gasteiger partial charge in [-0.15, -0.1) is 0 Å². The van der Waals surface area contributed by atoms with Gasteiger partial charge in [0.25, 0.3) is 0 Å². The summed E-state index contributed by atoms with van der Waals surface area (Å²) in [5.74, 6) is -0.477. The number of carboxylic acids is 1. The molecule has 4 heteroatoms. The van der Waals surface area contributed by atoms with Crippen molar-refractivity contribution in [2.75, 3.05) is 7.11 Å². The predicted octanol–water partition coefficient (Wildman–Crippen LogP) is 4.79. The maximum atomic E-state index is 12.0. The molecule has 0 aliphatic carbocycles. The molecule has 138 valence electrons. The Labute approximate surface area is 155 Å². The topological polar surface area (TPSA) is 55.8 Å². The number of carboxylic acid groups (broad SMARTS) is 1. The Morgan fingerprint density at radius 2 is 1.81 bits per heavy atom. The van der Waals surface area contributed by atoms with Crippen molar-refractivity contribution in [3.05, 3.63) is 71.8 Å².